The smallest absolute Gasteiger partial charge is 0.163 e. The number of nitrogens with zero attached hydrogens (tertiary/aromatic N) is 2. The minimum Gasteiger partial charge on any atom is -0.487 e. The average molecular weight is 480 g/mol. The Balaban J connectivity index is 1.90. The highest BCUT2D eigenvalue weighted by Crippen LogP contribution is 2.35. The number of anilines is 2. The van der Waals surface area contributed by atoms with Crippen LogP contribution in [0.25, 0.3) is 10.9 Å². The van der Waals surface area contributed by atoms with Gasteiger partial charge < -0.3 is 29.0 Å². The minimum atomic E-state index is -0.511. The number of rotatable bonds is 12. The van der Waals surface area contributed by atoms with Crippen molar-refractivity contribution in [2.45, 2.75) is 26.4 Å². The van der Waals surface area contributed by atoms with Crippen LogP contribution in [-0.2, 0) is 14.2 Å². The highest BCUT2D eigenvalue weighted by atomic mass is 16.5. The van der Waals surface area contributed by atoms with Crippen LogP contribution in [0.1, 0.15) is 26.3 Å². The van der Waals surface area contributed by atoms with Crippen LogP contribution in [0, 0.1) is 11.8 Å². The summed E-state index contributed by atoms with van der Waals surface area (Å²) in [6.07, 6.45) is 1.52. The van der Waals surface area contributed by atoms with Crippen molar-refractivity contribution in [1.29, 1.82) is 0 Å². The Kier molecular flexibility index (Phi) is 9.67. The van der Waals surface area contributed by atoms with E-state index in [4.69, 9.17) is 23.7 Å². The van der Waals surface area contributed by atoms with Crippen molar-refractivity contribution in [3.05, 3.63) is 48.3 Å². The molecule has 8 nitrogen and oxygen atoms in total. The molecule has 0 fully saturated rings. The Morgan fingerprint density at radius 3 is 2.31 bits per heavy atom. The summed E-state index contributed by atoms with van der Waals surface area (Å²) < 4.78 is 27.7. The minimum absolute atomic E-state index is 0.387. The number of nitrogens with one attached hydrogen (secondary N) is 1. The molecule has 1 aromatic heterocycles. The van der Waals surface area contributed by atoms with Crippen LogP contribution in [0.2, 0.25) is 0 Å². The van der Waals surface area contributed by atoms with Gasteiger partial charge in [-0.2, -0.15) is 0 Å². The van der Waals surface area contributed by atoms with E-state index in [0.717, 1.165) is 22.2 Å². The van der Waals surface area contributed by atoms with Gasteiger partial charge in [-0.05, 0) is 45.0 Å². The number of methoxy groups -OCH3 is 2. The summed E-state index contributed by atoms with van der Waals surface area (Å²) in [6.45, 7) is 8.19. The van der Waals surface area contributed by atoms with Gasteiger partial charge in [-0.3, -0.25) is 0 Å². The van der Waals surface area contributed by atoms with Crippen LogP contribution in [0.15, 0.2) is 42.7 Å². The SMILES string of the molecule is CCOC(C)(C)C#Cc1cccc(Nc2ncnc3cc(OCCOC)c(OCCOC)cc23)c1. The molecule has 0 atom stereocenters. The summed E-state index contributed by atoms with van der Waals surface area (Å²) in [5, 5.41) is 4.18. The summed E-state index contributed by atoms with van der Waals surface area (Å²) in [7, 11) is 3.26. The summed E-state index contributed by atoms with van der Waals surface area (Å²) in [5.74, 6) is 8.20. The number of aromatic nitrogens is 2. The highest BCUT2D eigenvalue weighted by molar-refractivity contribution is 5.93. The first kappa shape index (κ1) is 26.2. The monoisotopic (exact) mass is 479 g/mol. The maximum Gasteiger partial charge on any atom is 0.163 e. The molecule has 2 aromatic carbocycles. The first-order valence-corrected chi connectivity index (χ1v) is 11.5. The second kappa shape index (κ2) is 12.9. The van der Waals surface area contributed by atoms with E-state index in [1.54, 1.807) is 14.2 Å². The summed E-state index contributed by atoms with van der Waals surface area (Å²) >= 11 is 0. The zero-order valence-corrected chi connectivity index (χ0v) is 21.0. The zero-order chi connectivity index (χ0) is 25.1. The lowest BCUT2D eigenvalue weighted by molar-refractivity contribution is 0.0362. The number of benzene rings is 2. The molecular weight excluding hydrogens is 446 g/mol. The third-order valence-electron chi connectivity index (χ3n) is 4.93. The van der Waals surface area contributed by atoms with Gasteiger partial charge in [0.2, 0.25) is 0 Å². The van der Waals surface area contributed by atoms with E-state index < -0.39 is 5.60 Å². The standard InChI is InChI=1S/C27H33N3O5/c1-6-35-27(2,3)11-10-20-8-7-9-21(16-20)30-26-22-17-24(33-14-12-31-4)25(34-15-13-32-5)18-23(22)28-19-29-26/h7-9,16-19H,6,12-15H2,1-5H3,(H,28,29,30). The fourth-order valence-electron chi connectivity index (χ4n) is 3.29. The first-order valence-electron chi connectivity index (χ1n) is 11.5. The van der Waals surface area contributed by atoms with E-state index in [1.165, 1.54) is 6.33 Å². The molecule has 0 saturated carbocycles. The molecule has 0 spiro atoms. The number of ether oxygens (including phenoxy) is 5. The average Bonchev–Trinajstić information content (AvgIpc) is 2.84. The molecule has 3 rings (SSSR count). The molecule has 0 amide bonds. The fraction of sp³-hybridized carbons (Fsp3) is 0.407. The third kappa shape index (κ3) is 7.82. The largest absolute Gasteiger partial charge is 0.487 e. The topological polar surface area (TPSA) is 84.0 Å². The van der Waals surface area contributed by atoms with E-state index in [0.29, 0.717) is 50.4 Å². The molecule has 0 aliphatic heterocycles. The van der Waals surface area contributed by atoms with E-state index in [-0.39, 0.29) is 0 Å². The summed E-state index contributed by atoms with van der Waals surface area (Å²) in [6, 6.07) is 11.6. The lowest BCUT2D eigenvalue weighted by Gasteiger charge is -2.17. The second-order valence-electron chi connectivity index (χ2n) is 8.12. The molecule has 186 valence electrons. The van der Waals surface area contributed by atoms with Crippen LogP contribution >= 0.6 is 0 Å². The van der Waals surface area contributed by atoms with Crippen molar-refractivity contribution >= 4 is 22.4 Å². The first-order chi connectivity index (χ1) is 17.0. The molecule has 0 aliphatic carbocycles. The Hall–Kier alpha value is -3.38. The number of hydrogen-bond donors (Lipinski definition) is 1. The van der Waals surface area contributed by atoms with Crippen molar-refractivity contribution in [1.82, 2.24) is 9.97 Å². The van der Waals surface area contributed by atoms with Gasteiger partial charge in [0.05, 0.1) is 18.7 Å². The molecule has 1 N–H and O–H groups in total. The fourth-order valence-corrected chi connectivity index (χ4v) is 3.29. The Morgan fingerprint density at radius 2 is 1.63 bits per heavy atom. The Labute approximate surface area is 206 Å². The van der Waals surface area contributed by atoms with E-state index in [2.05, 4.69) is 27.1 Å². The Morgan fingerprint density at radius 1 is 0.914 bits per heavy atom. The molecule has 0 aliphatic rings. The normalized spacial score (nSPS) is 11.1. The van der Waals surface area contributed by atoms with Crippen molar-refractivity contribution < 1.29 is 23.7 Å². The van der Waals surface area contributed by atoms with Crippen LogP contribution in [0.5, 0.6) is 11.5 Å². The van der Waals surface area contributed by atoms with E-state index in [9.17, 15) is 0 Å². The van der Waals surface area contributed by atoms with Gasteiger partial charge in [0.15, 0.2) is 11.5 Å². The molecule has 0 saturated heterocycles. The molecule has 3 aromatic rings. The van der Waals surface area contributed by atoms with Gasteiger partial charge in [0.25, 0.3) is 0 Å². The van der Waals surface area contributed by atoms with Gasteiger partial charge in [0.1, 0.15) is 31.0 Å². The van der Waals surface area contributed by atoms with E-state index >= 15 is 0 Å². The molecule has 0 bridgehead atoms. The summed E-state index contributed by atoms with van der Waals surface area (Å²) in [4.78, 5) is 8.89. The zero-order valence-electron chi connectivity index (χ0n) is 21.0. The quantitative estimate of drug-likeness (QED) is 0.298. The van der Waals surface area contributed by atoms with Crippen LogP contribution in [0.4, 0.5) is 11.5 Å². The molecule has 1 heterocycles. The highest BCUT2D eigenvalue weighted by Gasteiger charge is 2.14. The Bertz CT molecular complexity index is 1170. The van der Waals surface area contributed by atoms with E-state index in [1.807, 2.05) is 57.2 Å². The van der Waals surface area contributed by atoms with Crippen molar-refractivity contribution in [3.8, 4) is 23.3 Å². The van der Waals surface area contributed by atoms with Crippen LogP contribution in [0.3, 0.4) is 0 Å². The lowest BCUT2D eigenvalue weighted by atomic mass is 10.1. The predicted molar refractivity (Wildman–Crippen MR) is 137 cm³/mol. The molecule has 0 unspecified atom stereocenters. The third-order valence-corrected chi connectivity index (χ3v) is 4.93. The second-order valence-corrected chi connectivity index (χ2v) is 8.12. The lowest BCUT2D eigenvalue weighted by Crippen LogP contribution is -2.21. The van der Waals surface area contributed by atoms with Gasteiger partial charge in [0, 0.05) is 43.5 Å². The number of fused-ring (bicyclic) bond motifs is 1. The van der Waals surface area contributed by atoms with Gasteiger partial charge in [-0.15, -0.1) is 0 Å². The summed E-state index contributed by atoms with van der Waals surface area (Å²) in [5.41, 5.74) is 1.94. The van der Waals surface area contributed by atoms with Gasteiger partial charge >= 0.3 is 0 Å². The molecule has 8 heteroatoms. The van der Waals surface area contributed by atoms with Crippen LogP contribution < -0.4 is 14.8 Å². The maximum absolute atomic E-state index is 5.92. The van der Waals surface area contributed by atoms with Gasteiger partial charge in [-0.25, -0.2) is 9.97 Å². The molecule has 0 radical (unpaired) electrons. The molecule has 35 heavy (non-hydrogen) atoms. The van der Waals surface area contributed by atoms with Crippen molar-refractivity contribution in [2.75, 3.05) is 52.6 Å². The van der Waals surface area contributed by atoms with Crippen molar-refractivity contribution in [3.63, 3.8) is 0 Å². The van der Waals surface area contributed by atoms with Crippen LogP contribution in [-0.4, -0.2) is 62.8 Å². The molecular formula is C27H33N3O5. The van der Waals surface area contributed by atoms with Gasteiger partial charge in [-0.1, -0.05) is 17.9 Å². The number of hydrogen-bond acceptors (Lipinski definition) is 8. The van der Waals surface area contributed by atoms with Crippen molar-refractivity contribution in [2.24, 2.45) is 0 Å². The predicted octanol–water partition coefficient (Wildman–Crippen LogP) is 4.59. The maximum atomic E-state index is 5.92.